The van der Waals surface area contributed by atoms with Gasteiger partial charge in [-0.25, -0.2) is 0 Å². The fraction of sp³-hybridized carbons (Fsp3) is 1.00. The third kappa shape index (κ3) is 2.79. The topological polar surface area (TPSA) is 44.5 Å². The molecule has 0 aliphatic carbocycles. The molecule has 0 saturated carbocycles. The fourth-order valence-corrected chi connectivity index (χ4v) is 0.638. The molecule has 0 aromatic rings. The number of methoxy groups -OCH3 is 2. The molecule has 0 spiro atoms. The van der Waals surface area contributed by atoms with Crippen molar-refractivity contribution in [2.24, 2.45) is 5.73 Å². The van der Waals surface area contributed by atoms with Crippen molar-refractivity contribution in [3.8, 4) is 0 Å². The van der Waals surface area contributed by atoms with Gasteiger partial charge in [0.1, 0.15) is 0 Å². The molecule has 0 rings (SSSR count). The Labute approximate surface area is 56.1 Å². The molecule has 3 nitrogen and oxygen atoms in total. The Hall–Kier alpha value is -0.120. The highest BCUT2D eigenvalue weighted by molar-refractivity contribution is 4.61. The van der Waals surface area contributed by atoms with Crippen LogP contribution in [-0.2, 0) is 9.47 Å². The summed E-state index contributed by atoms with van der Waals surface area (Å²) >= 11 is 0. The molecule has 0 aliphatic heterocycles. The van der Waals surface area contributed by atoms with Gasteiger partial charge in [-0.15, -0.1) is 0 Å². The molecule has 9 heavy (non-hydrogen) atoms. The molecule has 0 aromatic carbocycles. The lowest BCUT2D eigenvalue weighted by molar-refractivity contribution is -0.116. The molecule has 0 aliphatic rings. The van der Waals surface area contributed by atoms with E-state index in [1.165, 1.54) is 0 Å². The fourth-order valence-electron chi connectivity index (χ4n) is 0.638. The minimum absolute atomic E-state index is 0.0139. The van der Waals surface area contributed by atoms with E-state index in [-0.39, 0.29) is 12.3 Å². The van der Waals surface area contributed by atoms with Gasteiger partial charge in [0, 0.05) is 14.2 Å². The van der Waals surface area contributed by atoms with E-state index in [0.717, 1.165) is 6.42 Å². The lowest BCUT2D eigenvalue weighted by atomic mass is 10.2. The van der Waals surface area contributed by atoms with Gasteiger partial charge in [-0.1, -0.05) is 6.92 Å². The molecule has 0 heterocycles. The quantitative estimate of drug-likeness (QED) is 0.562. The molecular weight excluding hydrogens is 118 g/mol. The Bertz CT molecular complexity index is 64.1. The lowest BCUT2D eigenvalue weighted by Crippen LogP contribution is -2.36. The molecule has 0 fully saturated rings. The highest BCUT2D eigenvalue weighted by atomic mass is 16.7. The van der Waals surface area contributed by atoms with Crippen LogP contribution in [0.15, 0.2) is 0 Å². The maximum atomic E-state index is 5.59. The van der Waals surface area contributed by atoms with E-state index in [9.17, 15) is 0 Å². The van der Waals surface area contributed by atoms with Crippen molar-refractivity contribution in [2.75, 3.05) is 14.2 Å². The average molecular weight is 133 g/mol. The predicted octanol–water partition coefficient (Wildman–Crippen LogP) is 0.343. The molecule has 0 bridgehead atoms. The van der Waals surface area contributed by atoms with Crippen molar-refractivity contribution in [1.29, 1.82) is 0 Å². The van der Waals surface area contributed by atoms with E-state index in [2.05, 4.69) is 0 Å². The minimum Gasteiger partial charge on any atom is -0.354 e. The van der Waals surface area contributed by atoms with Crippen molar-refractivity contribution >= 4 is 0 Å². The number of nitrogens with two attached hydrogens (primary N) is 1. The summed E-state index contributed by atoms with van der Waals surface area (Å²) in [6.07, 6.45) is 0.613. The lowest BCUT2D eigenvalue weighted by Gasteiger charge is -2.18. The van der Waals surface area contributed by atoms with Crippen LogP contribution >= 0.6 is 0 Å². The summed E-state index contributed by atoms with van der Waals surface area (Å²) in [5, 5.41) is 0. The first kappa shape index (κ1) is 8.88. The maximum Gasteiger partial charge on any atom is 0.171 e. The van der Waals surface area contributed by atoms with E-state index in [1.807, 2.05) is 6.92 Å². The summed E-state index contributed by atoms with van der Waals surface area (Å²) in [5.41, 5.74) is 5.59. The number of ether oxygens (including phenoxy) is 2. The van der Waals surface area contributed by atoms with Gasteiger partial charge in [0.25, 0.3) is 0 Å². The van der Waals surface area contributed by atoms with E-state index >= 15 is 0 Å². The van der Waals surface area contributed by atoms with E-state index < -0.39 is 0 Å². The van der Waals surface area contributed by atoms with Crippen molar-refractivity contribution in [3.05, 3.63) is 0 Å². The zero-order chi connectivity index (χ0) is 7.28. The molecule has 0 radical (unpaired) electrons. The third-order valence-corrected chi connectivity index (χ3v) is 1.29. The first-order valence-corrected chi connectivity index (χ1v) is 3.07. The van der Waals surface area contributed by atoms with Crippen LogP contribution in [0.1, 0.15) is 13.3 Å². The number of hydrogen-bond acceptors (Lipinski definition) is 3. The van der Waals surface area contributed by atoms with Crippen LogP contribution in [-0.4, -0.2) is 26.6 Å². The first-order valence-electron chi connectivity index (χ1n) is 3.07. The molecule has 2 N–H and O–H groups in total. The largest absolute Gasteiger partial charge is 0.354 e. The van der Waals surface area contributed by atoms with Gasteiger partial charge < -0.3 is 15.2 Å². The Balaban J connectivity index is 3.50. The minimum atomic E-state index is -0.255. The molecule has 0 saturated heterocycles. The normalized spacial score (nSPS) is 14.3. The van der Waals surface area contributed by atoms with Gasteiger partial charge in [-0.2, -0.15) is 0 Å². The monoisotopic (exact) mass is 133 g/mol. The standard InChI is InChI=1S/C6H15NO2/c1-4-5(7)6(8-2)9-3/h5-6H,4,7H2,1-3H3. The summed E-state index contributed by atoms with van der Waals surface area (Å²) in [4.78, 5) is 0. The molecule has 1 atom stereocenters. The third-order valence-electron chi connectivity index (χ3n) is 1.29. The Kier molecular flexibility index (Phi) is 4.67. The summed E-state index contributed by atoms with van der Waals surface area (Å²) in [7, 11) is 3.17. The second kappa shape index (κ2) is 4.73. The SMILES string of the molecule is CCC(N)C(OC)OC. The zero-order valence-electron chi connectivity index (χ0n) is 6.26. The second-order valence-corrected chi connectivity index (χ2v) is 1.91. The van der Waals surface area contributed by atoms with E-state index in [1.54, 1.807) is 14.2 Å². The van der Waals surface area contributed by atoms with Crippen LogP contribution in [0.25, 0.3) is 0 Å². The van der Waals surface area contributed by atoms with Gasteiger partial charge in [-0.3, -0.25) is 0 Å². The number of rotatable bonds is 4. The summed E-state index contributed by atoms with van der Waals surface area (Å²) in [6, 6.07) is -0.0139. The van der Waals surface area contributed by atoms with Crippen molar-refractivity contribution in [2.45, 2.75) is 25.7 Å². The molecule has 56 valence electrons. The highest BCUT2D eigenvalue weighted by Gasteiger charge is 2.12. The van der Waals surface area contributed by atoms with Gasteiger partial charge >= 0.3 is 0 Å². The Morgan fingerprint density at radius 1 is 1.33 bits per heavy atom. The van der Waals surface area contributed by atoms with Crippen LogP contribution < -0.4 is 5.73 Å². The average Bonchev–Trinajstić information content (AvgIpc) is 1.90. The van der Waals surface area contributed by atoms with Gasteiger partial charge in [0.15, 0.2) is 6.29 Å². The van der Waals surface area contributed by atoms with Crippen LogP contribution in [0.5, 0.6) is 0 Å². The first-order chi connectivity index (χ1) is 4.26. The van der Waals surface area contributed by atoms with Crippen molar-refractivity contribution < 1.29 is 9.47 Å². The van der Waals surface area contributed by atoms with E-state index in [4.69, 9.17) is 15.2 Å². The summed E-state index contributed by atoms with van der Waals surface area (Å²) in [5.74, 6) is 0. The van der Waals surface area contributed by atoms with Crippen molar-refractivity contribution in [1.82, 2.24) is 0 Å². The van der Waals surface area contributed by atoms with Crippen molar-refractivity contribution in [3.63, 3.8) is 0 Å². The van der Waals surface area contributed by atoms with Crippen LogP contribution in [0.3, 0.4) is 0 Å². The van der Waals surface area contributed by atoms with Gasteiger partial charge in [0.05, 0.1) is 6.04 Å². The Morgan fingerprint density at radius 2 is 1.78 bits per heavy atom. The Morgan fingerprint density at radius 3 is 1.89 bits per heavy atom. The van der Waals surface area contributed by atoms with Crippen LogP contribution in [0, 0.1) is 0 Å². The van der Waals surface area contributed by atoms with Gasteiger partial charge in [0.2, 0.25) is 0 Å². The summed E-state index contributed by atoms with van der Waals surface area (Å²) < 4.78 is 9.81. The van der Waals surface area contributed by atoms with Gasteiger partial charge in [-0.05, 0) is 6.42 Å². The smallest absolute Gasteiger partial charge is 0.171 e. The molecule has 0 aromatic heterocycles. The molecule has 0 amide bonds. The predicted molar refractivity (Wildman–Crippen MR) is 36.1 cm³/mol. The summed E-state index contributed by atoms with van der Waals surface area (Å²) in [6.45, 7) is 2.00. The molecule has 3 heteroatoms. The molecule has 1 unspecified atom stereocenters. The van der Waals surface area contributed by atoms with Crippen LogP contribution in [0.4, 0.5) is 0 Å². The van der Waals surface area contributed by atoms with E-state index in [0.29, 0.717) is 0 Å². The zero-order valence-corrected chi connectivity index (χ0v) is 6.26. The number of hydrogen-bond donors (Lipinski definition) is 1. The maximum absolute atomic E-state index is 5.59. The van der Waals surface area contributed by atoms with Crippen LogP contribution in [0.2, 0.25) is 0 Å². The second-order valence-electron chi connectivity index (χ2n) is 1.91. The highest BCUT2D eigenvalue weighted by Crippen LogP contribution is 1.98. The molecular formula is C6H15NO2.